The lowest BCUT2D eigenvalue weighted by Gasteiger charge is -2.21. The maximum atomic E-state index is 12.9. The molecule has 78 heavy (non-hydrogen) atoms. The van der Waals surface area contributed by atoms with Gasteiger partial charge in [-0.05, 0) is 89.9 Å². The molecule has 0 aromatic rings. The van der Waals surface area contributed by atoms with E-state index in [1.165, 1.54) is 83.5 Å². The second-order valence-corrected chi connectivity index (χ2v) is 21.6. The fraction of sp³-hybridized carbons (Fsp3) is 0.682. The minimum absolute atomic E-state index is 0.0973. The lowest BCUT2D eigenvalue weighted by Crippen LogP contribution is -2.30. The molecule has 0 aliphatic heterocycles. The van der Waals surface area contributed by atoms with Crippen LogP contribution in [0.25, 0.3) is 0 Å². The standard InChI is InChI=1S/C66H111O11P/c1-4-7-10-13-16-19-22-25-28-30-31-33-35-37-40-43-46-49-52-55-64(68)73-59-63(77-66(70)57-54-51-48-45-42-39-36-32-29-26-23-20-17-14-11-8-5-2)61-75-78(71,72)74-60-62(58-67)76-65(69)56-53-50-47-44-41-38-34-27-24-21-18-15-12-9-6-3/h7,9-10,12,16,18-19,21,25,27-28,31,33-34,37,40,46,49,62-63,67H,4-6,8,11,13-15,17,20,22-24,26,29-30,32,35-36,38-39,41-45,47-48,50-61H2,1-3H3,(H,71,72)/b10-7-,12-9-,19-16-,21-18-,28-25-,33-31-,34-27-,40-37-,49-46-. The van der Waals surface area contributed by atoms with Crippen LogP contribution in [-0.2, 0) is 42.2 Å². The zero-order valence-corrected chi connectivity index (χ0v) is 50.2. The van der Waals surface area contributed by atoms with E-state index in [1.807, 2.05) is 12.2 Å². The molecular weight excluding hydrogens is 1000 g/mol. The first-order chi connectivity index (χ1) is 38.2. The van der Waals surface area contributed by atoms with Gasteiger partial charge >= 0.3 is 25.7 Å². The number of carbonyl (C=O) groups is 3. The molecular formula is C66H111O11P. The zero-order chi connectivity index (χ0) is 56.9. The molecule has 3 unspecified atom stereocenters. The summed E-state index contributed by atoms with van der Waals surface area (Å²) in [5.74, 6) is -1.58. The number of hydrogen-bond acceptors (Lipinski definition) is 10. The van der Waals surface area contributed by atoms with Crippen LogP contribution in [0.15, 0.2) is 109 Å². The molecule has 2 N–H and O–H groups in total. The Bertz CT molecular complexity index is 1720. The summed E-state index contributed by atoms with van der Waals surface area (Å²) >= 11 is 0. The molecule has 0 fully saturated rings. The maximum absolute atomic E-state index is 12.9. The van der Waals surface area contributed by atoms with E-state index < -0.39 is 57.8 Å². The number of phosphoric ester groups is 1. The van der Waals surface area contributed by atoms with Crippen LogP contribution < -0.4 is 0 Å². The summed E-state index contributed by atoms with van der Waals surface area (Å²) < 4.78 is 39.5. The van der Waals surface area contributed by atoms with Crippen LogP contribution in [-0.4, -0.2) is 66.5 Å². The van der Waals surface area contributed by atoms with E-state index in [2.05, 4.69) is 118 Å². The van der Waals surface area contributed by atoms with Crippen LogP contribution in [0.2, 0.25) is 0 Å². The number of ether oxygens (including phenoxy) is 3. The molecule has 0 aromatic carbocycles. The lowest BCUT2D eigenvalue weighted by molar-refractivity contribution is -0.161. The molecule has 0 aliphatic rings. The third-order valence-corrected chi connectivity index (χ3v) is 13.7. The predicted molar refractivity (Wildman–Crippen MR) is 325 cm³/mol. The summed E-state index contributed by atoms with van der Waals surface area (Å²) in [6, 6.07) is 0. The van der Waals surface area contributed by atoms with Crippen LogP contribution in [0.5, 0.6) is 0 Å². The first-order valence-corrected chi connectivity index (χ1v) is 32.3. The summed E-state index contributed by atoms with van der Waals surface area (Å²) in [7, 11) is -4.78. The van der Waals surface area contributed by atoms with E-state index in [4.69, 9.17) is 23.3 Å². The first-order valence-electron chi connectivity index (χ1n) is 30.8. The van der Waals surface area contributed by atoms with Crippen molar-refractivity contribution in [3.63, 3.8) is 0 Å². The zero-order valence-electron chi connectivity index (χ0n) is 49.3. The number of aliphatic hydroxyl groups excluding tert-OH is 1. The van der Waals surface area contributed by atoms with Gasteiger partial charge in [-0.3, -0.25) is 23.4 Å². The van der Waals surface area contributed by atoms with Gasteiger partial charge in [0.05, 0.1) is 19.8 Å². The Balaban J connectivity index is 4.83. The van der Waals surface area contributed by atoms with Crippen molar-refractivity contribution in [2.75, 3.05) is 26.4 Å². The van der Waals surface area contributed by atoms with Crippen molar-refractivity contribution in [3.8, 4) is 0 Å². The summed E-state index contributed by atoms with van der Waals surface area (Å²) in [4.78, 5) is 48.6. The van der Waals surface area contributed by atoms with Gasteiger partial charge < -0.3 is 24.2 Å². The van der Waals surface area contributed by atoms with E-state index in [0.29, 0.717) is 19.3 Å². The van der Waals surface area contributed by atoms with E-state index in [9.17, 15) is 28.9 Å². The minimum atomic E-state index is -4.78. The molecule has 0 aliphatic carbocycles. The fourth-order valence-electron chi connectivity index (χ4n) is 8.10. The highest BCUT2D eigenvalue weighted by molar-refractivity contribution is 7.47. The molecule has 0 heterocycles. The summed E-state index contributed by atoms with van der Waals surface area (Å²) in [5.41, 5.74) is 0. The van der Waals surface area contributed by atoms with Gasteiger partial charge in [0.1, 0.15) is 12.7 Å². The Morgan fingerprint density at radius 2 is 0.692 bits per heavy atom. The Morgan fingerprint density at radius 1 is 0.372 bits per heavy atom. The molecule has 0 rings (SSSR count). The highest BCUT2D eigenvalue weighted by Crippen LogP contribution is 2.43. The number of allylic oxidation sites excluding steroid dienone is 18. The largest absolute Gasteiger partial charge is 0.472 e. The second kappa shape index (κ2) is 59.3. The summed E-state index contributed by atoms with van der Waals surface area (Å²) in [6.07, 6.45) is 72.0. The molecule has 12 heteroatoms. The van der Waals surface area contributed by atoms with Crippen molar-refractivity contribution >= 4 is 25.7 Å². The van der Waals surface area contributed by atoms with E-state index >= 15 is 0 Å². The third kappa shape index (κ3) is 56.8. The Hall–Kier alpha value is -3.86. The number of unbranched alkanes of at least 4 members (excludes halogenated alkanes) is 21. The average Bonchev–Trinajstić information content (AvgIpc) is 3.43. The SMILES string of the molecule is CC/C=C\C/C=C\C/C=C\C/C=C\C/C=C\C/C=C\CCC(=O)OCC(COP(=O)(O)OCC(CO)OC(=O)CCCCCCC/C=C\C/C=C\C/C=C\CC)OC(=O)CCCCCCCCCCCCCCCCCCC. The molecule has 0 aromatic heterocycles. The van der Waals surface area contributed by atoms with Crippen molar-refractivity contribution in [1.29, 1.82) is 0 Å². The van der Waals surface area contributed by atoms with Crippen LogP contribution >= 0.6 is 7.82 Å². The molecule has 0 saturated carbocycles. The normalized spacial score (nSPS) is 14.1. The molecule has 0 bridgehead atoms. The van der Waals surface area contributed by atoms with Gasteiger partial charge in [0.2, 0.25) is 0 Å². The summed E-state index contributed by atoms with van der Waals surface area (Å²) in [5, 5.41) is 9.83. The Morgan fingerprint density at radius 3 is 1.08 bits per heavy atom. The van der Waals surface area contributed by atoms with Crippen LogP contribution in [0, 0.1) is 0 Å². The minimum Gasteiger partial charge on any atom is -0.462 e. The van der Waals surface area contributed by atoms with Gasteiger partial charge in [-0.1, -0.05) is 252 Å². The van der Waals surface area contributed by atoms with E-state index in [-0.39, 0.29) is 25.9 Å². The molecule has 0 amide bonds. The predicted octanol–water partition coefficient (Wildman–Crippen LogP) is 18.6. The van der Waals surface area contributed by atoms with Gasteiger partial charge in [0.25, 0.3) is 0 Å². The smallest absolute Gasteiger partial charge is 0.462 e. The maximum Gasteiger partial charge on any atom is 0.472 e. The summed E-state index contributed by atoms with van der Waals surface area (Å²) in [6.45, 7) is 4.34. The van der Waals surface area contributed by atoms with E-state index in [0.717, 1.165) is 109 Å². The van der Waals surface area contributed by atoms with Gasteiger partial charge in [-0.15, -0.1) is 0 Å². The van der Waals surface area contributed by atoms with Crippen molar-refractivity contribution in [2.45, 2.75) is 264 Å². The van der Waals surface area contributed by atoms with Crippen LogP contribution in [0.4, 0.5) is 0 Å². The van der Waals surface area contributed by atoms with Gasteiger partial charge in [-0.25, -0.2) is 4.57 Å². The average molecular weight is 1110 g/mol. The highest BCUT2D eigenvalue weighted by atomic mass is 31.2. The topological polar surface area (TPSA) is 155 Å². The first kappa shape index (κ1) is 74.1. The number of phosphoric acid groups is 1. The van der Waals surface area contributed by atoms with Crippen LogP contribution in [0.3, 0.4) is 0 Å². The molecule has 0 saturated heterocycles. The van der Waals surface area contributed by atoms with Crippen molar-refractivity contribution in [2.24, 2.45) is 0 Å². The third-order valence-electron chi connectivity index (χ3n) is 12.7. The van der Waals surface area contributed by atoms with Gasteiger partial charge in [0, 0.05) is 19.3 Å². The lowest BCUT2D eigenvalue weighted by atomic mass is 10.0. The van der Waals surface area contributed by atoms with Crippen molar-refractivity contribution in [3.05, 3.63) is 109 Å². The van der Waals surface area contributed by atoms with Gasteiger partial charge in [0.15, 0.2) is 6.10 Å². The number of hydrogen-bond donors (Lipinski definition) is 2. The fourth-order valence-corrected chi connectivity index (χ4v) is 8.89. The Kier molecular flexibility index (Phi) is 56.3. The van der Waals surface area contributed by atoms with Crippen molar-refractivity contribution < 1.29 is 52.2 Å². The molecule has 0 spiro atoms. The van der Waals surface area contributed by atoms with Gasteiger partial charge in [-0.2, -0.15) is 0 Å². The quantitative estimate of drug-likeness (QED) is 0.0197. The monoisotopic (exact) mass is 1110 g/mol. The second-order valence-electron chi connectivity index (χ2n) is 20.1. The Labute approximate surface area is 475 Å². The van der Waals surface area contributed by atoms with E-state index in [1.54, 1.807) is 0 Å². The number of rotatable bonds is 56. The van der Waals surface area contributed by atoms with Crippen molar-refractivity contribution in [1.82, 2.24) is 0 Å². The number of aliphatic hydroxyl groups is 1. The number of esters is 3. The van der Waals surface area contributed by atoms with Crippen LogP contribution in [0.1, 0.15) is 252 Å². The molecule has 11 nitrogen and oxygen atoms in total. The highest BCUT2D eigenvalue weighted by Gasteiger charge is 2.28. The number of carbonyl (C=O) groups excluding carboxylic acids is 3. The molecule has 446 valence electrons. The molecule has 3 atom stereocenters. The molecule has 0 radical (unpaired) electrons.